The Balaban J connectivity index is 3.22. The van der Waals surface area contributed by atoms with Crippen LogP contribution in [0.5, 0.6) is 0 Å². The summed E-state index contributed by atoms with van der Waals surface area (Å²) in [6, 6.07) is 3.77. The van der Waals surface area contributed by atoms with Crippen LogP contribution in [0.3, 0.4) is 0 Å². The van der Waals surface area contributed by atoms with E-state index in [-0.39, 0.29) is 16.1 Å². The van der Waals surface area contributed by atoms with Crippen LogP contribution >= 0.6 is 11.6 Å². The zero-order chi connectivity index (χ0) is 13.2. The Hall–Kier alpha value is -1.60. The molecule has 1 rings (SSSR count). The van der Waals surface area contributed by atoms with Crippen LogP contribution in [-0.4, -0.2) is 26.5 Å². The van der Waals surface area contributed by atoms with E-state index in [1.165, 1.54) is 18.2 Å². The highest BCUT2D eigenvalue weighted by atomic mass is 35.5. The minimum Gasteiger partial charge on any atom is -0.366 e. The van der Waals surface area contributed by atoms with E-state index in [4.69, 9.17) is 17.3 Å². The topological polar surface area (TPSA) is 106 Å². The number of hydrogen-bond donors (Lipinski definition) is 2. The molecule has 1 aromatic rings. The first-order valence-corrected chi connectivity index (χ1v) is 6.59. The van der Waals surface area contributed by atoms with Gasteiger partial charge in [0, 0.05) is 5.02 Å². The van der Waals surface area contributed by atoms with Gasteiger partial charge >= 0.3 is 0 Å². The molecule has 8 heteroatoms. The molecule has 0 saturated carbocycles. The number of carbonyl (C=O) groups excluding carboxylic acids is 2. The van der Waals surface area contributed by atoms with Crippen molar-refractivity contribution < 1.29 is 18.0 Å². The predicted octanol–water partition coefficient (Wildman–Crippen LogP) is 0.128. The molecule has 0 fully saturated rings. The van der Waals surface area contributed by atoms with Crippen molar-refractivity contribution in [2.45, 2.75) is 0 Å². The third kappa shape index (κ3) is 3.72. The average molecular weight is 277 g/mol. The fourth-order valence-electron chi connectivity index (χ4n) is 1.14. The Bertz CT molecular complexity index is 583. The molecule has 92 valence electrons. The maximum atomic E-state index is 11.6. The number of carbonyl (C=O) groups is 2. The van der Waals surface area contributed by atoms with Crippen LogP contribution in [0.4, 0.5) is 0 Å². The summed E-state index contributed by atoms with van der Waals surface area (Å²) >= 11 is 5.64. The first kappa shape index (κ1) is 13.5. The summed E-state index contributed by atoms with van der Waals surface area (Å²) in [4.78, 5) is 22.6. The van der Waals surface area contributed by atoms with Gasteiger partial charge in [-0.15, -0.1) is 0 Å². The maximum Gasteiger partial charge on any atom is 0.265 e. The number of primary amides is 1. The van der Waals surface area contributed by atoms with E-state index >= 15 is 0 Å². The summed E-state index contributed by atoms with van der Waals surface area (Å²) in [5.41, 5.74) is 4.77. The molecule has 6 nitrogen and oxygen atoms in total. The Morgan fingerprint density at radius 1 is 1.29 bits per heavy atom. The minimum atomic E-state index is -3.71. The van der Waals surface area contributed by atoms with Crippen molar-refractivity contribution in [3.63, 3.8) is 0 Å². The third-order valence-corrected chi connectivity index (χ3v) is 2.56. The molecule has 0 aromatic heterocycles. The van der Waals surface area contributed by atoms with E-state index < -0.39 is 21.8 Å². The fourth-order valence-corrected chi connectivity index (χ4v) is 1.76. The van der Waals surface area contributed by atoms with Gasteiger partial charge < -0.3 is 5.73 Å². The first-order chi connectivity index (χ1) is 7.70. The van der Waals surface area contributed by atoms with Crippen LogP contribution in [0.25, 0.3) is 0 Å². The van der Waals surface area contributed by atoms with Crippen molar-refractivity contribution in [2.75, 3.05) is 6.26 Å². The summed E-state index contributed by atoms with van der Waals surface area (Å²) in [5.74, 6) is -1.80. The Kier molecular flexibility index (Phi) is 3.74. The molecule has 2 amide bonds. The molecule has 0 spiro atoms. The Morgan fingerprint density at radius 2 is 1.88 bits per heavy atom. The Morgan fingerprint density at radius 3 is 2.35 bits per heavy atom. The highest BCUT2D eigenvalue weighted by Gasteiger charge is 2.18. The number of nitrogens with two attached hydrogens (primary N) is 1. The number of benzene rings is 1. The van der Waals surface area contributed by atoms with Crippen LogP contribution in [0.15, 0.2) is 18.2 Å². The van der Waals surface area contributed by atoms with Crippen molar-refractivity contribution in [1.82, 2.24) is 4.72 Å². The van der Waals surface area contributed by atoms with Crippen molar-refractivity contribution in [2.24, 2.45) is 5.73 Å². The molecule has 17 heavy (non-hydrogen) atoms. The van der Waals surface area contributed by atoms with Gasteiger partial charge in [-0.05, 0) is 18.2 Å². The zero-order valence-corrected chi connectivity index (χ0v) is 10.3. The molecule has 0 heterocycles. The molecule has 3 N–H and O–H groups in total. The van der Waals surface area contributed by atoms with Crippen molar-refractivity contribution in [1.29, 1.82) is 0 Å². The molecule has 0 saturated heterocycles. The van der Waals surface area contributed by atoms with E-state index in [2.05, 4.69) is 0 Å². The number of rotatable bonds is 3. The van der Waals surface area contributed by atoms with Crippen molar-refractivity contribution in [3.8, 4) is 0 Å². The largest absolute Gasteiger partial charge is 0.366 e. The van der Waals surface area contributed by atoms with Crippen LogP contribution < -0.4 is 10.5 Å². The van der Waals surface area contributed by atoms with Gasteiger partial charge in [-0.2, -0.15) is 0 Å². The highest BCUT2D eigenvalue weighted by Crippen LogP contribution is 2.15. The standard InChI is InChI=1S/C9H9ClN2O4S/c1-17(15,16)12-9(14)6-3-2-5(10)4-7(6)8(11)13/h2-4H,1H3,(H2,11,13)(H,12,14). The number of halogens is 1. The molecule has 0 bridgehead atoms. The molecule has 0 aliphatic carbocycles. The number of nitrogens with one attached hydrogen (secondary N) is 1. The van der Waals surface area contributed by atoms with E-state index in [1.54, 1.807) is 4.72 Å². The minimum absolute atomic E-state index is 0.140. The molecule has 0 radical (unpaired) electrons. The third-order valence-electron chi connectivity index (χ3n) is 1.77. The van der Waals surface area contributed by atoms with Gasteiger partial charge in [0.2, 0.25) is 15.9 Å². The predicted molar refractivity (Wildman–Crippen MR) is 62.3 cm³/mol. The fraction of sp³-hybridized carbons (Fsp3) is 0.111. The second-order valence-electron chi connectivity index (χ2n) is 3.26. The SMILES string of the molecule is CS(=O)(=O)NC(=O)c1ccc(Cl)cc1C(N)=O. The smallest absolute Gasteiger partial charge is 0.265 e. The number of amides is 2. The van der Waals surface area contributed by atoms with Crippen molar-refractivity contribution >= 4 is 33.4 Å². The summed E-state index contributed by atoms with van der Waals surface area (Å²) in [6.07, 6.45) is 0.824. The Labute approximate surface area is 103 Å². The lowest BCUT2D eigenvalue weighted by Crippen LogP contribution is -2.31. The van der Waals surface area contributed by atoms with Gasteiger partial charge in [0.15, 0.2) is 0 Å². The van der Waals surface area contributed by atoms with Gasteiger partial charge in [-0.1, -0.05) is 11.6 Å². The second kappa shape index (κ2) is 4.72. The van der Waals surface area contributed by atoms with Crippen LogP contribution in [0.2, 0.25) is 5.02 Å². The normalized spacial score (nSPS) is 10.9. The van der Waals surface area contributed by atoms with E-state index in [1.807, 2.05) is 0 Å². The highest BCUT2D eigenvalue weighted by molar-refractivity contribution is 7.89. The number of sulfonamides is 1. The van der Waals surface area contributed by atoms with E-state index in [0.29, 0.717) is 0 Å². The van der Waals surface area contributed by atoms with Gasteiger partial charge in [0.05, 0.1) is 17.4 Å². The summed E-state index contributed by atoms with van der Waals surface area (Å²) in [5, 5.41) is 0.217. The van der Waals surface area contributed by atoms with Crippen LogP contribution in [0, 0.1) is 0 Å². The lowest BCUT2D eigenvalue weighted by Gasteiger charge is -2.06. The zero-order valence-electron chi connectivity index (χ0n) is 8.73. The quantitative estimate of drug-likeness (QED) is 0.818. The lowest BCUT2D eigenvalue weighted by atomic mass is 10.1. The van der Waals surface area contributed by atoms with Gasteiger partial charge in [-0.3, -0.25) is 9.59 Å². The van der Waals surface area contributed by atoms with E-state index in [9.17, 15) is 18.0 Å². The van der Waals surface area contributed by atoms with Gasteiger partial charge in [-0.25, -0.2) is 13.1 Å². The van der Waals surface area contributed by atoms with Crippen LogP contribution in [-0.2, 0) is 10.0 Å². The number of hydrogen-bond acceptors (Lipinski definition) is 4. The average Bonchev–Trinajstić information content (AvgIpc) is 2.14. The summed E-state index contributed by atoms with van der Waals surface area (Å²) < 4.78 is 23.5. The summed E-state index contributed by atoms with van der Waals surface area (Å²) in [6.45, 7) is 0. The van der Waals surface area contributed by atoms with Crippen molar-refractivity contribution in [3.05, 3.63) is 34.3 Å². The van der Waals surface area contributed by atoms with Gasteiger partial charge in [0.25, 0.3) is 5.91 Å². The van der Waals surface area contributed by atoms with Gasteiger partial charge in [0.1, 0.15) is 0 Å². The molecular weight excluding hydrogens is 268 g/mol. The monoisotopic (exact) mass is 276 g/mol. The second-order valence-corrected chi connectivity index (χ2v) is 5.44. The van der Waals surface area contributed by atoms with E-state index in [0.717, 1.165) is 6.26 Å². The molecule has 0 aliphatic rings. The molecular formula is C9H9ClN2O4S. The summed E-state index contributed by atoms with van der Waals surface area (Å²) in [7, 11) is -3.71. The molecule has 1 aromatic carbocycles. The first-order valence-electron chi connectivity index (χ1n) is 4.32. The molecule has 0 aliphatic heterocycles. The molecule has 0 atom stereocenters. The molecule has 0 unspecified atom stereocenters. The van der Waals surface area contributed by atoms with Crippen LogP contribution in [0.1, 0.15) is 20.7 Å². The lowest BCUT2D eigenvalue weighted by molar-refractivity contribution is 0.0956. The maximum absolute atomic E-state index is 11.6.